The molecule has 1 fully saturated rings. The standard InChI is InChI=1S/C25H45N3O2/c1-18(13-19-14-20(29)28(21(19)30)12-10-11-27(8)9)15-25(26)17-24(25,7)16-23(5,6)22(2,3)4/h14,29-30H,1,10-13,15-17,26H2,2-9H3. The zero-order valence-corrected chi connectivity index (χ0v) is 20.6. The van der Waals surface area contributed by atoms with E-state index in [9.17, 15) is 10.2 Å². The van der Waals surface area contributed by atoms with Crippen molar-refractivity contribution >= 4 is 0 Å². The van der Waals surface area contributed by atoms with Crippen molar-refractivity contribution in [3.63, 3.8) is 0 Å². The maximum atomic E-state index is 10.6. The van der Waals surface area contributed by atoms with Gasteiger partial charge < -0.3 is 20.8 Å². The molecule has 5 nitrogen and oxygen atoms in total. The third-order valence-corrected chi connectivity index (χ3v) is 7.76. The second-order valence-electron chi connectivity index (χ2n) is 12.0. The molecule has 4 N–H and O–H groups in total. The molecule has 2 rings (SSSR count). The first-order valence-corrected chi connectivity index (χ1v) is 11.2. The minimum atomic E-state index is -0.238. The average molecular weight is 420 g/mol. The van der Waals surface area contributed by atoms with Crippen LogP contribution in [-0.4, -0.2) is 45.9 Å². The molecule has 0 spiro atoms. The Morgan fingerprint density at radius 3 is 2.37 bits per heavy atom. The second kappa shape index (κ2) is 8.23. The normalized spacial score (nSPS) is 24.5. The Bertz CT molecular complexity index is 772. The number of hydrogen-bond acceptors (Lipinski definition) is 4. The third-order valence-electron chi connectivity index (χ3n) is 7.76. The average Bonchev–Trinajstić information content (AvgIpc) is 2.95. The summed E-state index contributed by atoms with van der Waals surface area (Å²) in [6, 6.07) is 1.66. The molecule has 0 bridgehead atoms. The Balaban J connectivity index is 2.00. The minimum Gasteiger partial charge on any atom is -0.494 e. The Morgan fingerprint density at radius 1 is 1.23 bits per heavy atom. The van der Waals surface area contributed by atoms with Gasteiger partial charge in [-0.2, -0.15) is 0 Å². The van der Waals surface area contributed by atoms with Gasteiger partial charge in [-0.3, -0.25) is 4.57 Å². The monoisotopic (exact) mass is 419 g/mol. The molecule has 0 amide bonds. The highest BCUT2D eigenvalue weighted by atomic mass is 16.3. The van der Waals surface area contributed by atoms with Crippen LogP contribution in [0.2, 0.25) is 0 Å². The van der Waals surface area contributed by atoms with Crippen LogP contribution in [0.1, 0.15) is 72.8 Å². The van der Waals surface area contributed by atoms with E-state index in [4.69, 9.17) is 5.73 Å². The van der Waals surface area contributed by atoms with E-state index in [1.54, 1.807) is 10.6 Å². The highest BCUT2D eigenvalue weighted by Gasteiger charge is 2.63. The van der Waals surface area contributed by atoms with Gasteiger partial charge in [0.15, 0.2) is 11.8 Å². The molecule has 0 aliphatic heterocycles. The van der Waals surface area contributed by atoms with Crippen molar-refractivity contribution in [1.82, 2.24) is 9.47 Å². The summed E-state index contributed by atoms with van der Waals surface area (Å²) < 4.78 is 1.58. The molecule has 5 heteroatoms. The van der Waals surface area contributed by atoms with Crippen molar-refractivity contribution in [3.8, 4) is 11.8 Å². The fourth-order valence-electron chi connectivity index (χ4n) is 4.66. The lowest BCUT2D eigenvalue weighted by atomic mass is 9.64. The number of nitrogens with two attached hydrogens (primary N) is 1. The zero-order chi connectivity index (χ0) is 23.1. The van der Waals surface area contributed by atoms with Gasteiger partial charge in [-0.1, -0.05) is 53.7 Å². The molecular formula is C25H45N3O2. The molecule has 172 valence electrons. The number of aromatic nitrogens is 1. The largest absolute Gasteiger partial charge is 0.494 e. The van der Waals surface area contributed by atoms with Crippen LogP contribution in [-0.2, 0) is 13.0 Å². The predicted octanol–water partition coefficient (Wildman–Crippen LogP) is 4.91. The molecule has 1 heterocycles. The van der Waals surface area contributed by atoms with Gasteiger partial charge in [-0.25, -0.2) is 0 Å². The summed E-state index contributed by atoms with van der Waals surface area (Å²) in [6.45, 7) is 19.6. The highest BCUT2D eigenvalue weighted by molar-refractivity contribution is 5.38. The van der Waals surface area contributed by atoms with Crippen molar-refractivity contribution in [2.24, 2.45) is 22.0 Å². The molecule has 1 aromatic rings. The van der Waals surface area contributed by atoms with E-state index in [1.807, 2.05) is 14.1 Å². The van der Waals surface area contributed by atoms with Crippen molar-refractivity contribution in [2.75, 3.05) is 20.6 Å². The van der Waals surface area contributed by atoms with Crippen LogP contribution in [0, 0.1) is 16.2 Å². The van der Waals surface area contributed by atoms with E-state index in [0.29, 0.717) is 13.0 Å². The van der Waals surface area contributed by atoms with Gasteiger partial charge in [0.1, 0.15) is 0 Å². The van der Waals surface area contributed by atoms with Gasteiger partial charge in [-0.05, 0) is 69.0 Å². The van der Waals surface area contributed by atoms with E-state index in [2.05, 4.69) is 53.0 Å². The van der Waals surface area contributed by atoms with Crippen LogP contribution in [0.25, 0.3) is 0 Å². The Hall–Kier alpha value is -1.46. The molecule has 0 saturated heterocycles. The number of nitrogens with zero attached hydrogens (tertiary/aromatic N) is 2. The van der Waals surface area contributed by atoms with E-state index >= 15 is 0 Å². The van der Waals surface area contributed by atoms with Crippen molar-refractivity contribution in [3.05, 3.63) is 23.8 Å². The van der Waals surface area contributed by atoms with E-state index < -0.39 is 0 Å². The fourth-order valence-corrected chi connectivity index (χ4v) is 4.66. The number of hydrogen-bond donors (Lipinski definition) is 3. The predicted molar refractivity (Wildman–Crippen MR) is 126 cm³/mol. The highest BCUT2D eigenvalue weighted by Crippen LogP contribution is 2.64. The molecule has 2 unspecified atom stereocenters. The number of rotatable bonds is 10. The summed E-state index contributed by atoms with van der Waals surface area (Å²) in [5.41, 5.74) is 8.83. The second-order valence-corrected chi connectivity index (χ2v) is 12.0. The molecule has 2 atom stereocenters. The molecular weight excluding hydrogens is 374 g/mol. The van der Waals surface area contributed by atoms with Crippen LogP contribution in [0.3, 0.4) is 0 Å². The number of aromatic hydroxyl groups is 2. The van der Waals surface area contributed by atoms with Gasteiger partial charge in [-0.15, -0.1) is 0 Å². The molecule has 30 heavy (non-hydrogen) atoms. The van der Waals surface area contributed by atoms with Gasteiger partial charge in [0.2, 0.25) is 0 Å². The lowest BCUT2D eigenvalue weighted by molar-refractivity contribution is 0.0866. The van der Waals surface area contributed by atoms with Gasteiger partial charge in [0.25, 0.3) is 0 Å². The summed E-state index contributed by atoms with van der Waals surface area (Å²) in [5.74, 6) is 0.255. The molecule has 0 radical (unpaired) electrons. The summed E-state index contributed by atoms with van der Waals surface area (Å²) in [4.78, 5) is 2.09. The van der Waals surface area contributed by atoms with Crippen LogP contribution < -0.4 is 5.73 Å². The SMILES string of the molecule is C=C(Cc1cc(O)n(CCCN(C)C)c1O)CC1(N)CC1(C)CC(C)(C)C(C)(C)C. The first kappa shape index (κ1) is 24.8. The Labute approximate surface area is 184 Å². The maximum Gasteiger partial charge on any atom is 0.197 e. The first-order chi connectivity index (χ1) is 13.5. The van der Waals surface area contributed by atoms with Crippen LogP contribution in [0.15, 0.2) is 18.2 Å². The van der Waals surface area contributed by atoms with Gasteiger partial charge in [0.05, 0.1) is 0 Å². The van der Waals surface area contributed by atoms with Crippen molar-refractivity contribution in [1.29, 1.82) is 0 Å². The van der Waals surface area contributed by atoms with Crippen LogP contribution >= 0.6 is 0 Å². The summed E-state index contributed by atoms with van der Waals surface area (Å²) in [7, 11) is 4.03. The lowest BCUT2D eigenvalue weighted by Gasteiger charge is -2.42. The Morgan fingerprint density at radius 2 is 1.83 bits per heavy atom. The van der Waals surface area contributed by atoms with Crippen molar-refractivity contribution in [2.45, 2.75) is 85.7 Å². The zero-order valence-electron chi connectivity index (χ0n) is 20.6. The Kier molecular flexibility index (Phi) is 6.81. The summed E-state index contributed by atoms with van der Waals surface area (Å²) in [5, 5.41) is 20.9. The first-order valence-electron chi connectivity index (χ1n) is 11.2. The topological polar surface area (TPSA) is 74.6 Å². The third kappa shape index (κ3) is 5.23. The van der Waals surface area contributed by atoms with Gasteiger partial charge in [0, 0.05) is 23.7 Å². The van der Waals surface area contributed by atoms with Crippen LogP contribution in [0.5, 0.6) is 11.8 Å². The lowest BCUT2D eigenvalue weighted by Crippen LogP contribution is -2.37. The molecule has 1 saturated carbocycles. The smallest absolute Gasteiger partial charge is 0.197 e. The summed E-state index contributed by atoms with van der Waals surface area (Å²) >= 11 is 0. The van der Waals surface area contributed by atoms with E-state index in [0.717, 1.165) is 43.4 Å². The summed E-state index contributed by atoms with van der Waals surface area (Å²) in [6.07, 6.45) is 4.23. The van der Waals surface area contributed by atoms with Crippen molar-refractivity contribution < 1.29 is 10.2 Å². The molecule has 0 aromatic carbocycles. The van der Waals surface area contributed by atoms with E-state index in [1.165, 1.54) is 0 Å². The molecule has 1 aliphatic rings. The van der Waals surface area contributed by atoms with Crippen LogP contribution in [0.4, 0.5) is 0 Å². The fraction of sp³-hybridized carbons (Fsp3) is 0.760. The van der Waals surface area contributed by atoms with Gasteiger partial charge >= 0.3 is 0 Å². The van der Waals surface area contributed by atoms with E-state index in [-0.39, 0.29) is 33.5 Å². The quantitative estimate of drug-likeness (QED) is 0.471. The minimum absolute atomic E-state index is 0.106. The maximum absolute atomic E-state index is 10.6. The molecule has 1 aliphatic carbocycles. The molecule has 1 aromatic heterocycles.